The van der Waals surface area contributed by atoms with Crippen LogP contribution in [0.1, 0.15) is 6.92 Å². The zero-order chi connectivity index (χ0) is 8.10. The van der Waals surface area contributed by atoms with Crippen LogP contribution in [0.15, 0.2) is 29.4 Å². The first kappa shape index (κ1) is 9.29. The summed E-state index contributed by atoms with van der Waals surface area (Å²) in [4.78, 5) is 4.16. The molecule has 1 heterocycles. The summed E-state index contributed by atoms with van der Waals surface area (Å²) in [7, 11) is 3.36. The van der Waals surface area contributed by atoms with Crippen LogP contribution in [-0.4, -0.2) is 9.57 Å². The number of hydrogen-bond acceptors (Lipinski definition) is 4. The van der Waals surface area contributed by atoms with Gasteiger partial charge in [-0.25, -0.2) is 4.98 Å². The minimum absolute atomic E-state index is 0.349. The van der Waals surface area contributed by atoms with Crippen molar-refractivity contribution in [3.8, 4) is 0 Å². The molecule has 1 nitrogen and oxygen atoms in total. The standard InChI is InChI=1S/C7H9NS3/c1-6(9)10-11-7-4-2-3-5-8-7/h2-6,9H,1H3. The predicted molar refractivity (Wildman–Crippen MR) is 56.1 cm³/mol. The van der Waals surface area contributed by atoms with Crippen molar-refractivity contribution in [2.75, 3.05) is 0 Å². The van der Waals surface area contributed by atoms with Crippen LogP contribution in [0.2, 0.25) is 0 Å². The van der Waals surface area contributed by atoms with E-state index in [0.717, 1.165) is 5.03 Å². The molecule has 60 valence electrons. The minimum Gasteiger partial charge on any atom is -0.249 e. The topological polar surface area (TPSA) is 12.9 Å². The molecule has 1 aromatic heterocycles. The summed E-state index contributed by atoms with van der Waals surface area (Å²) in [5.74, 6) is 0. The molecule has 0 saturated carbocycles. The molecule has 1 atom stereocenters. The lowest BCUT2D eigenvalue weighted by molar-refractivity contribution is 1.14. The van der Waals surface area contributed by atoms with Gasteiger partial charge in [0.15, 0.2) is 0 Å². The van der Waals surface area contributed by atoms with E-state index in [-0.39, 0.29) is 0 Å². The Bertz CT molecular complexity index is 200. The average molecular weight is 203 g/mol. The normalized spacial score (nSPS) is 12.9. The van der Waals surface area contributed by atoms with Crippen LogP contribution in [0.4, 0.5) is 0 Å². The molecular weight excluding hydrogens is 194 g/mol. The Balaban J connectivity index is 2.39. The van der Waals surface area contributed by atoms with E-state index in [1.165, 1.54) is 0 Å². The maximum Gasteiger partial charge on any atom is 0.107 e. The first-order valence-corrected chi connectivity index (χ1v) is 5.94. The average Bonchev–Trinajstić information content (AvgIpc) is 2.03. The molecule has 1 unspecified atom stereocenters. The number of rotatable bonds is 3. The molecule has 0 fully saturated rings. The molecule has 0 saturated heterocycles. The summed E-state index contributed by atoms with van der Waals surface area (Å²) in [6, 6.07) is 5.89. The highest BCUT2D eigenvalue weighted by Gasteiger charge is 1.97. The molecule has 1 aromatic rings. The molecule has 0 radical (unpaired) electrons. The smallest absolute Gasteiger partial charge is 0.107 e. The summed E-state index contributed by atoms with van der Waals surface area (Å²) < 4.78 is 0.349. The molecule has 0 aliphatic carbocycles. The van der Waals surface area contributed by atoms with E-state index < -0.39 is 0 Å². The largest absolute Gasteiger partial charge is 0.249 e. The summed E-state index contributed by atoms with van der Waals surface area (Å²) in [6.45, 7) is 2.05. The SMILES string of the molecule is CC(S)SSc1ccccn1. The van der Waals surface area contributed by atoms with Gasteiger partial charge in [-0.2, -0.15) is 12.6 Å². The summed E-state index contributed by atoms with van der Waals surface area (Å²) in [5.41, 5.74) is 0. The van der Waals surface area contributed by atoms with Gasteiger partial charge in [-0.15, -0.1) is 0 Å². The minimum atomic E-state index is 0.349. The van der Waals surface area contributed by atoms with Gasteiger partial charge in [0.05, 0.1) is 4.58 Å². The van der Waals surface area contributed by atoms with Crippen molar-refractivity contribution >= 4 is 34.2 Å². The number of pyridine rings is 1. The first-order valence-electron chi connectivity index (χ1n) is 3.21. The lowest BCUT2D eigenvalue weighted by Gasteiger charge is -2.00. The quantitative estimate of drug-likeness (QED) is 0.461. The fourth-order valence-corrected chi connectivity index (χ4v) is 2.39. The van der Waals surface area contributed by atoms with Crippen LogP contribution >= 0.6 is 34.2 Å². The number of aromatic nitrogens is 1. The van der Waals surface area contributed by atoms with Gasteiger partial charge < -0.3 is 0 Å². The molecular formula is C7H9NS3. The molecule has 0 aromatic carbocycles. The van der Waals surface area contributed by atoms with Crippen LogP contribution in [-0.2, 0) is 0 Å². The molecule has 0 aliphatic rings. The molecule has 1 rings (SSSR count). The first-order chi connectivity index (χ1) is 5.29. The summed E-state index contributed by atoms with van der Waals surface area (Å²) >= 11 is 4.24. The van der Waals surface area contributed by atoms with Crippen molar-refractivity contribution in [1.82, 2.24) is 4.98 Å². The van der Waals surface area contributed by atoms with Crippen LogP contribution < -0.4 is 0 Å². The maximum atomic E-state index is 4.24. The second-order valence-electron chi connectivity index (χ2n) is 1.95. The Kier molecular flexibility index (Phi) is 4.18. The van der Waals surface area contributed by atoms with E-state index in [1.54, 1.807) is 27.8 Å². The van der Waals surface area contributed by atoms with Gasteiger partial charge in [0.25, 0.3) is 0 Å². The molecule has 0 N–H and O–H groups in total. The highest BCUT2D eigenvalue weighted by molar-refractivity contribution is 8.78. The molecule has 11 heavy (non-hydrogen) atoms. The molecule has 4 heteroatoms. The molecule has 0 bridgehead atoms. The van der Waals surface area contributed by atoms with Crippen molar-refractivity contribution in [2.24, 2.45) is 0 Å². The Morgan fingerprint density at radius 1 is 1.55 bits per heavy atom. The lowest BCUT2D eigenvalue weighted by Crippen LogP contribution is -1.78. The Labute approximate surface area is 80.2 Å². The lowest BCUT2D eigenvalue weighted by atomic mass is 10.5. The third-order valence-corrected chi connectivity index (χ3v) is 4.11. The second-order valence-corrected chi connectivity index (χ2v) is 5.63. The molecule has 0 amide bonds. The van der Waals surface area contributed by atoms with Gasteiger partial charge in [-0.3, -0.25) is 0 Å². The van der Waals surface area contributed by atoms with Crippen LogP contribution in [0.5, 0.6) is 0 Å². The molecule has 0 aliphatic heterocycles. The van der Waals surface area contributed by atoms with Crippen LogP contribution in [0, 0.1) is 0 Å². The van der Waals surface area contributed by atoms with E-state index in [2.05, 4.69) is 17.6 Å². The summed E-state index contributed by atoms with van der Waals surface area (Å²) in [6.07, 6.45) is 1.80. The van der Waals surface area contributed by atoms with Crippen LogP contribution in [0.3, 0.4) is 0 Å². The van der Waals surface area contributed by atoms with Crippen molar-refractivity contribution in [3.63, 3.8) is 0 Å². The van der Waals surface area contributed by atoms with Gasteiger partial charge in [0.2, 0.25) is 0 Å². The molecule has 0 spiro atoms. The Morgan fingerprint density at radius 2 is 2.36 bits per heavy atom. The van der Waals surface area contributed by atoms with Crippen molar-refractivity contribution in [2.45, 2.75) is 16.5 Å². The van der Waals surface area contributed by atoms with Crippen molar-refractivity contribution in [3.05, 3.63) is 24.4 Å². The number of thiol groups is 1. The monoisotopic (exact) mass is 203 g/mol. The van der Waals surface area contributed by atoms with Gasteiger partial charge in [0, 0.05) is 6.20 Å². The predicted octanol–water partition coefficient (Wildman–Crippen LogP) is 3.10. The number of nitrogens with zero attached hydrogens (tertiary/aromatic N) is 1. The third-order valence-electron chi connectivity index (χ3n) is 0.911. The van der Waals surface area contributed by atoms with E-state index >= 15 is 0 Å². The fraction of sp³-hybridized carbons (Fsp3) is 0.286. The van der Waals surface area contributed by atoms with Gasteiger partial charge >= 0.3 is 0 Å². The second kappa shape index (κ2) is 4.95. The van der Waals surface area contributed by atoms with Gasteiger partial charge in [-0.1, -0.05) is 16.9 Å². The zero-order valence-electron chi connectivity index (χ0n) is 6.10. The van der Waals surface area contributed by atoms with E-state index in [4.69, 9.17) is 0 Å². The Hall–Kier alpha value is 0.200. The maximum absolute atomic E-state index is 4.24. The van der Waals surface area contributed by atoms with E-state index in [0.29, 0.717) is 4.58 Å². The Morgan fingerprint density at radius 3 is 2.91 bits per heavy atom. The van der Waals surface area contributed by atoms with E-state index in [1.807, 2.05) is 25.1 Å². The highest BCUT2D eigenvalue weighted by Crippen LogP contribution is 2.33. The highest BCUT2D eigenvalue weighted by atomic mass is 33.1. The number of hydrogen-bond donors (Lipinski definition) is 1. The van der Waals surface area contributed by atoms with Crippen molar-refractivity contribution < 1.29 is 0 Å². The van der Waals surface area contributed by atoms with Gasteiger partial charge in [0.1, 0.15) is 5.03 Å². The zero-order valence-corrected chi connectivity index (χ0v) is 8.63. The third kappa shape index (κ3) is 3.94. The fourth-order valence-electron chi connectivity index (χ4n) is 0.515. The summed E-state index contributed by atoms with van der Waals surface area (Å²) in [5, 5.41) is 1.04. The van der Waals surface area contributed by atoms with Crippen molar-refractivity contribution in [1.29, 1.82) is 0 Å². The van der Waals surface area contributed by atoms with E-state index in [9.17, 15) is 0 Å². The van der Waals surface area contributed by atoms with Gasteiger partial charge in [-0.05, 0) is 29.9 Å². The van der Waals surface area contributed by atoms with Crippen LogP contribution in [0.25, 0.3) is 0 Å².